The summed E-state index contributed by atoms with van der Waals surface area (Å²) in [6, 6.07) is 20.5. The highest BCUT2D eigenvalue weighted by Crippen LogP contribution is 2.34. The number of benzene rings is 3. The number of ether oxygens (including phenoxy) is 1. The first-order valence-electron chi connectivity index (χ1n) is 12.9. The number of carbonyl (C=O) groups excluding carboxylic acids is 2. The predicted octanol–water partition coefficient (Wildman–Crippen LogP) is 3.53. The van der Waals surface area contributed by atoms with Crippen LogP contribution in [0.4, 0.5) is 11.4 Å². The quantitative estimate of drug-likeness (QED) is 0.240. The third-order valence-corrected chi connectivity index (χ3v) is 7.35. The summed E-state index contributed by atoms with van der Waals surface area (Å²) in [6.45, 7) is 2.91. The predicted molar refractivity (Wildman–Crippen MR) is 156 cm³/mol. The van der Waals surface area contributed by atoms with Crippen LogP contribution < -0.4 is 14.4 Å². The van der Waals surface area contributed by atoms with E-state index < -0.39 is 39.3 Å². The molecule has 3 rings (SSSR count). The Morgan fingerprint density at radius 2 is 1.56 bits per heavy atom. The van der Waals surface area contributed by atoms with Gasteiger partial charge in [0.1, 0.15) is 24.0 Å². The van der Waals surface area contributed by atoms with E-state index in [-0.39, 0.29) is 36.1 Å². The zero-order valence-electron chi connectivity index (χ0n) is 23.4. The fourth-order valence-electron chi connectivity index (χ4n) is 4.30. The van der Waals surface area contributed by atoms with Gasteiger partial charge in [0.25, 0.3) is 5.69 Å². The molecular weight excluding hydrogens is 548 g/mol. The summed E-state index contributed by atoms with van der Waals surface area (Å²) < 4.78 is 32.0. The summed E-state index contributed by atoms with van der Waals surface area (Å²) in [6.07, 6.45) is 1.07. The molecule has 11 nitrogen and oxygen atoms in total. The van der Waals surface area contributed by atoms with Gasteiger partial charge in [0.2, 0.25) is 21.8 Å². The van der Waals surface area contributed by atoms with Gasteiger partial charge >= 0.3 is 0 Å². The molecule has 41 heavy (non-hydrogen) atoms. The van der Waals surface area contributed by atoms with Crippen LogP contribution in [-0.4, -0.2) is 62.0 Å². The van der Waals surface area contributed by atoms with Gasteiger partial charge in [0.15, 0.2) is 0 Å². The number of hydrogen-bond acceptors (Lipinski definition) is 7. The Morgan fingerprint density at radius 3 is 2.07 bits per heavy atom. The number of sulfonamides is 1. The maximum atomic E-state index is 14.1. The van der Waals surface area contributed by atoms with Gasteiger partial charge in [-0.15, -0.1) is 0 Å². The fraction of sp³-hybridized carbons (Fsp3) is 0.310. The van der Waals surface area contributed by atoms with Crippen molar-refractivity contribution in [2.45, 2.75) is 38.9 Å². The molecule has 0 radical (unpaired) electrons. The maximum absolute atomic E-state index is 14.1. The van der Waals surface area contributed by atoms with Crippen LogP contribution in [0.15, 0.2) is 78.9 Å². The summed E-state index contributed by atoms with van der Waals surface area (Å²) in [5, 5.41) is 14.3. The largest absolute Gasteiger partial charge is 0.495 e. The number of amides is 2. The van der Waals surface area contributed by atoms with Crippen LogP contribution in [0.1, 0.15) is 25.0 Å². The van der Waals surface area contributed by atoms with Crippen molar-refractivity contribution in [2.75, 3.05) is 24.2 Å². The SMILES string of the molecule is COc1ccc([N+](=O)[O-])cc1N(CC(=O)N(Cc1ccccc1)[C@H](Cc1ccccc1)C(=O)NC(C)C)S(C)(=O)=O. The Hall–Kier alpha value is -4.45. The van der Waals surface area contributed by atoms with Crippen molar-refractivity contribution in [3.05, 3.63) is 100 Å². The van der Waals surface area contributed by atoms with Crippen LogP contribution in [0.25, 0.3) is 0 Å². The van der Waals surface area contributed by atoms with E-state index in [1.165, 1.54) is 24.1 Å². The van der Waals surface area contributed by atoms with Gasteiger partial charge in [0, 0.05) is 31.1 Å². The van der Waals surface area contributed by atoms with E-state index in [1.807, 2.05) is 36.4 Å². The number of nitrogens with one attached hydrogen (secondary N) is 1. The molecule has 0 saturated heterocycles. The molecule has 0 spiro atoms. The number of non-ortho nitro benzene ring substituents is 1. The van der Waals surface area contributed by atoms with Crippen molar-refractivity contribution in [3.63, 3.8) is 0 Å². The lowest BCUT2D eigenvalue weighted by Crippen LogP contribution is -2.54. The van der Waals surface area contributed by atoms with E-state index in [2.05, 4.69) is 5.32 Å². The number of rotatable bonds is 13. The van der Waals surface area contributed by atoms with Gasteiger partial charge in [-0.2, -0.15) is 0 Å². The van der Waals surface area contributed by atoms with Gasteiger partial charge in [-0.05, 0) is 31.0 Å². The topological polar surface area (TPSA) is 139 Å². The lowest BCUT2D eigenvalue weighted by atomic mass is 10.0. The van der Waals surface area contributed by atoms with Crippen molar-refractivity contribution < 1.29 is 27.7 Å². The van der Waals surface area contributed by atoms with Crippen molar-refractivity contribution in [1.29, 1.82) is 0 Å². The molecule has 3 aromatic rings. The lowest BCUT2D eigenvalue weighted by Gasteiger charge is -2.34. The lowest BCUT2D eigenvalue weighted by molar-refractivity contribution is -0.384. The standard InChI is InChI=1S/C29H34N4O7S/c1-21(2)30-29(35)26(17-22-11-7-5-8-12-22)31(19-23-13-9-6-10-14-23)28(34)20-32(41(4,38)39)25-18-24(33(36)37)15-16-27(25)40-3/h5-16,18,21,26H,17,19-20H2,1-4H3,(H,30,35)/t26-/m1/s1. The van der Waals surface area contributed by atoms with Gasteiger partial charge in [-0.3, -0.25) is 24.0 Å². The Bertz CT molecular complexity index is 1460. The van der Waals surface area contributed by atoms with Crippen LogP contribution in [0.3, 0.4) is 0 Å². The van der Waals surface area contributed by atoms with E-state index in [0.717, 1.165) is 27.8 Å². The van der Waals surface area contributed by atoms with Gasteiger partial charge in [-0.25, -0.2) is 8.42 Å². The minimum absolute atomic E-state index is 0.0202. The summed E-state index contributed by atoms with van der Waals surface area (Å²) in [5.74, 6) is -1.04. The van der Waals surface area contributed by atoms with Crippen LogP contribution in [0.2, 0.25) is 0 Å². The molecule has 0 unspecified atom stereocenters. The second-order valence-electron chi connectivity index (χ2n) is 9.76. The zero-order chi connectivity index (χ0) is 30.2. The molecule has 0 saturated carbocycles. The van der Waals surface area contributed by atoms with Crippen molar-refractivity contribution >= 4 is 33.2 Å². The zero-order valence-corrected chi connectivity index (χ0v) is 24.2. The third kappa shape index (κ3) is 8.52. The summed E-state index contributed by atoms with van der Waals surface area (Å²) in [4.78, 5) is 39.8. The minimum Gasteiger partial charge on any atom is -0.495 e. The molecule has 0 aliphatic carbocycles. The van der Waals surface area contributed by atoms with Crippen molar-refractivity contribution in [3.8, 4) is 5.75 Å². The average molecular weight is 583 g/mol. The molecule has 0 aliphatic heterocycles. The number of nitrogens with zero attached hydrogens (tertiary/aromatic N) is 3. The monoisotopic (exact) mass is 582 g/mol. The van der Waals surface area contributed by atoms with Crippen molar-refractivity contribution in [1.82, 2.24) is 10.2 Å². The Labute approximate surface area is 239 Å². The summed E-state index contributed by atoms with van der Waals surface area (Å²) in [5.41, 5.74) is 1.00. The number of carbonyl (C=O) groups is 2. The highest BCUT2D eigenvalue weighted by Gasteiger charge is 2.34. The Kier molecular flexibility index (Phi) is 10.4. The van der Waals surface area contributed by atoms with Gasteiger partial charge in [0.05, 0.1) is 18.3 Å². The number of nitro groups is 1. The summed E-state index contributed by atoms with van der Waals surface area (Å²) in [7, 11) is -2.84. The van der Waals surface area contributed by atoms with E-state index >= 15 is 0 Å². The van der Waals surface area contributed by atoms with Crippen LogP contribution in [0.5, 0.6) is 5.75 Å². The molecule has 1 atom stereocenters. The van der Waals surface area contributed by atoms with Gasteiger partial charge < -0.3 is 15.0 Å². The molecule has 0 bridgehead atoms. The molecule has 2 amide bonds. The Balaban J connectivity index is 2.11. The van der Waals surface area contributed by atoms with Crippen LogP contribution in [-0.2, 0) is 32.6 Å². The molecule has 1 N–H and O–H groups in total. The second kappa shape index (κ2) is 13.8. The molecule has 0 fully saturated rings. The molecule has 218 valence electrons. The fourth-order valence-corrected chi connectivity index (χ4v) is 5.14. The van der Waals surface area contributed by atoms with E-state index in [9.17, 15) is 28.1 Å². The second-order valence-corrected chi connectivity index (χ2v) is 11.7. The first kappa shape index (κ1) is 31.1. The third-order valence-electron chi connectivity index (χ3n) is 6.22. The smallest absolute Gasteiger partial charge is 0.271 e. The number of nitro benzene ring substituents is 1. The van der Waals surface area contributed by atoms with Gasteiger partial charge in [-0.1, -0.05) is 60.7 Å². The van der Waals surface area contributed by atoms with Crippen molar-refractivity contribution in [2.24, 2.45) is 0 Å². The average Bonchev–Trinajstić information content (AvgIpc) is 2.93. The first-order valence-corrected chi connectivity index (χ1v) is 14.7. The normalized spacial score (nSPS) is 11.9. The molecule has 3 aromatic carbocycles. The summed E-state index contributed by atoms with van der Waals surface area (Å²) >= 11 is 0. The molecular formula is C29H34N4O7S. The maximum Gasteiger partial charge on any atom is 0.271 e. The van der Waals surface area contributed by atoms with Crippen LogP contribution >= 0.6 is 0 Å². The molecule has 0 aliphatic rings. The molecule has 12 heteroatoms. The minimum atomic E-state index is -4.14. The number of methoxy groups -OCH3 is 1. The first-order chi connectivity index (χ1) is 19.4. The highest BCUT2D eigenvalue weighted by molar-refractivity contribution is 7.92. The molecule has 0 heterocycles. The van der Waals surface area contributed by atoms with Crippen LogP contribution in [0, 0.1) is 10.1 Å². The Morgan fingerprint density at radius 1 is 0.976 bits per heavy atom. The number of hydrogen-bond donors (Lipinski definition) is 1. The van der Waals surface area contributed by atoms with E-state index in [0.29, 0.717) is 0 Å². The van der Waals surface area contributed by atoms with E-state index in [4.69, 9.17) is 4.74 Å². The molecule has 0 aromatic heterocycles. The van der Waals surface area contributed by atoms with E-state index in [1.54, 1.807) is 38.1 Å². The number of anilines is 1. The highest BCUT2D eigenvalue weighted by atomic mass is 32.2.